The number of rotatable bonds is 23. The van der Waals surface area contributed by atoms with Crippen LogP contribution in [-0.4, -0.2) is 95.6 Å². The Morgan fingerprint density at radius 3 is 2.17 bits per heavy atom. The number of aryl methyl sites for hydroxylation is 1. The molecule has 0 bridgehead atoms. The van der Waals surface area contributed by atoms with Crippen LogP contribution in [0.5, 0.6) is 5.75 Å². The number of β-amino-alcohol motifs (C(OH)–C–C–N with tert-alkyl or cyclic N) is 1. The molecule has 9 nitrogen and oxygen atoms in total. The van der Waals surface area contributed by atoms with Crippen LogP contribution < -0.4 is 15.4 Å². The third kappa shape index (κ3) is 14.3. The fourth-order valence-corrected chi connectivity index (χ4v) is 9.60. The topological polar surface area (TPSA) is 107 Å². The van der Waals surface area contributed by atoms with Gasteiger partial charge in [0.05, 0.1) is 28.2 Å². The van der Waals surface area contributed by atoms with Crippen LogP contribution in [0.3, 0.4) is 0 Å². The quantitative estimate of drug-likeness (QED) is 0.0340. The molecule has 0 radical (unpaired) electrons. The predicted octanol–water partition coefficient (Wildman–Crippen LogP) is 10.3. The molecule has 0 unspecified atom stereocenters. The second kappa shape index (κ2) is 24.6. The number of hydrogen-bond acceptors (Lipinski definition) is 8. The highest BCUT2D eigenvalue weighted by molar-refractivity contribution is 7.13. The third-order valence-electron chi connectivity index (χ3n) is 12.2. The number of aromatic nitrogens is 1. The first-order valence-corrected chi connectivity index (χ1v) is 24.6. The molecule has 1 aliphatic rings. The van der Waals surface area contributed by atoms with Crippen molar-refractivity contribution < 1.29 is 19.4 Å². The number of nitrogens with zero attached hydrogens (tertiary/aromatic N) is 3. The summed E-state index contributed by atoms with van der Waals surface area (Å²) in [5.41, 5.74) is 10.4. The van der Waals surface area contributed by atoms with Gasteiger partial charge in [0.15, 0.2) is 0 Å². The van der Waals surface area contributed by atoms with Crippen LogP contribution >= 0.6 is 22.9 Å². The lowest BCUT2D eigenvalue weighted by Gasteiger charge is -2.35. The van der Waals surface area contributed by atoms with E-state index in [1.54, 1.807) is 16.2 Å². The third-order valence-corrected chi connectivity index (χ3v) is 13.4. The zero-order valence-corrected chi connectivity index (χ0v) is 40.5. The number of thiazole rings is 1. The maximum Gasteiger partial charge on any atom is 0.243 e. The van der Waals surface area contributed by atoms with Crippen LogP contribution in [0.15, 0.2) is 115 Å². The smallest absolute Gasteiger partial charge is 0.243 e. The number of likely N-dealkylation sites (tertiary alicyclic amines) is 1. The van der Waals surface area contributed by atoms with Crippen LogP contribution in [0.2, 0.25) is 0 Å². The molecule has 0 aliphatic carbocycles. The van der Waals surface area contributed by atoms with Crippen molar-refractivity contribution in [3.05, 3.63) is 143 Å². The Morgan fingerprint density at radius 1 is 0.877 bits per heavy atom. The molecule has 5 aromatic rings. The van der Waals surface area contributed by atoms with E-state index in [0.717, 1.165) is 84.6 Å². The van der Waals surface area contributed by atoms with Gasteiger partial charge >= 0.3 is 0 Å². The van der Waals surface area contributed by atoms with Gasteiger partial charge in [0.25, 0.3) is 0 Å². The molecule has 0 saturated carbocycles. The monoisotopic (exact) mass is 917 g/mol. The molecule has 1 aliphatic heterocycles. The van der Waals surface area contributed by atoms with Crippen LogP contribution in [0.4, 0.5) is 0 Å². The normalized spacial score (nSPS) is 16.1. The van der Waals surface area contributed by atoms with E-state index in [9.17, 15) is 14.7 Å². The zero-order valence-electron chi connectivity index (χ0n) is 38.9. The molecule has 6 rings (SSSR count). The molecule has 3 N–H and O–H groups in total. The molecular weight excluding hydrogens is 850 g/mol. The number of amides is 2. The molecule has 1 saturated heterocycles. The Kier molecular flexibility index (Phi) is 18.8. The van der Waals surface area contributed by atoms with Gasteiger partial charge in [-0.1, -0.05) is 137 Å². The number of benzene rings is 4. The lowest BCUT2D eigenvalue weighted by molar-refractivity contribution is -0.142. The highest BCUT2D eigenvalue weighted by Crippen LogP contribution is 2.35. The van der Waals surface area contributed by atoms with E-state index in [1.165, 1.54) is 22.3 Å². The average molecular weight is 919 g/mol. The summed E-state index contributed by atoms with van der Waals surface area (Å²) < 4.78 is 6.19. The van der Waals surface area contributed by atoms with Gasteiger partial charge in [-0.2, -0.15) is 0 Å². The van der Waals surface area contributed by atoms with Crippen molar-refractivity contribution in [2.45, 2.75) is 97.4 Å². The van der Waals surface area contributed by atoms with Crippen LogP contribution in [0.25, 0.3) is 21.6 Å². The summed E-state index contributed by atoms with van der Waals surface area (Å²) in [6, 6.07) is 36.4. The Bertz CT molecular complexity index is 2260. The highest BCUT2D eigenvalue weighted by Gasteiger charge is 2.43. The van der Waals surface area contributed by atoms with Crippen molar-refractivity contribution in [3.63, 3.8) is 0 Å². The van der Waals surface area contributed by atoms with E-state index < -0.39 is 18.2 Å². The first-order chi connectivity index (χ1) is 31.4. The van der Waals surface area contributed by atoms with Crippen LogP contribution in [0.1, 0.15) is 93.7 Å². The number of ether oxygens (including phenoxy) is 1. The fourth-order valence-electron chi connectivity index (χ4n) is 8.60. The number of aliphatic hydroxyl groups excluding tert-OH is 1. The number of likely N-dealkylation sites (N-methyl/N-ethyl adjacent to an activating group) is 1. The van der Waals surface area contributed by atoms with Gasteiger partial charge in [-0.25, -0.2) is 4.98 Å². The van der Waals surface area contributed by atoms with Crippen molar-refractivity contribution in [3.8, 4) is 16.2 Å². The standard InChI is InChI=1S/C54H68ClN5O4S/c1-39-50(65-38-58-39)44-23-21-40(22-24-44)36-57-52(62)48-35-45(61)37-60(48)53(63)51(54(2,3)4)56-31-15-7-6-8-16-32-59(5)33-34-64-46-27-25-43(26-28-46)49(42-19-13-10-14-20-42)47(29-30-55)41-17-11-9-12-18-41/h9-14,17-28,38,45,48,51,56,61H,6-8,15-16,29-37H2,1-5H3,(H,57,62)/b49-47-/t45-,48+,51-/m1/s1. The predicted molar refractivity (Wildman–Crippen MR) is 268 cm³/mol. The first kappa shape index (κ1) is 49.6. The van der Waals surface area contributed by atoms with E-state index in [-0.39, 0.29) is 30.2 Å². The molecule has 2 amide bonds. The van der Waals surface area contributed by atoms with E-state index >= 15 is 0 Å². The van der Waals surface area contributed by atoms with Crippen molar-refractivity contribution >= 4 is 45.9 Å². The highest BCUT2D eigenvalue weighted by atomic mass is 35.5. The molecule has 3 atom stereocenters. The summed E-state index contributed by atoms with van der Waals surface area (Å²) >= 11 is 7.95. The summed E-state index contributed by atoms with van der Waals surface area (Å²) in [5.74, 6) is 1.03. The minimum atomic E-state index is -0.737. The van der Waals surface area contributed by atoms with Gasteiger partial charge in [0, 0.05) is 31.9 Å². The van der Waals surface area contributed by atoms with Crippen LogP contribution in [-0.2, 0) is 16.1 Å². The molecule has 0 spiro atoms. The lowest BCUT2D eigenvalue weighted by atomic mass is 9.85. The van der Waals surface area contributed by atoms with Crippen molar-refractivity contribution in [1.29, 1.82) is 0 Å². The minimum absolute atomic E-state index is 0.132. The maximum absolute atomic E-state index is 14.1. The fraction of sp³-hybridized carbons (Fsp3) is 0.426. The van der Waals surface area contributed by atoms with Crippen LogP contribution in [0, 0.1) is 12.3 Å². The molecule has 346 valence electrons. The largest absolute Gasteiger partial charge is 0.492 e. The van der Waals surface area contributed by atoms with Gasteiger partial charge in [0.2, 0.25) is 11.8 Å². The maximum atomic E-state index is 14.1. The molecule has 1 aromatic heterocycles. The Labute approximate surface area is 396 Å². The average Bonchev–Trinajstić information content (AvgIpc) is 3.93. The Balaban J connectivity index is 0.889. The number of hydrogen-bond donors (Lipinski definition) is 3. The summed E-state index contributed by atoms with van der Waals surface area (Å²) in [5, 5.41) is 17.2. The zero-order chi connectivity index (χ0) is 46.2. The summed E-state index contributed by atoms with van der Waals surface area (Å²) in [6.45, 7) is 11.8. The van der Waals surface area contributed by atoms with E-state index in [2.05, 4.69) is 100 Å². The van der Waals surface area contributed by atoms with Gasteiger partial charge in [-0.15, -0.1) is 22.9 Å². The summed E-state index contributed by atoms with van der Waals surface area (Å²) in [7, 11) is 2.15. The molecule has 2 heterocycles. The van der Waals surface area contributed by atoms with Gasteiger partial charge in [-0.05, 0) is 103 Å². The van der Waals surface area contributed by atoms with Crippen molar-refractivity contribution in [2.24, 2.45) is 5.41 Å². The second-order valence-electron chi connectivity index (χ2n) is 18.3. The molecule has 65 heavy (non-hydrogen) atoms. The summed E-state index contributed by atoms with van der Waals surface area (Å²) in [6.07, 6.45) is 5.66. The van der Waals surface area contributed by atoms with E-state index in [4.69, 9.17) is 16.3 Å². The lowest BCUT2D eigenvalue weighted by Crippen LogP contribution is -2.56. The number of nitrogens with one attached hydrogen (secondary N) is 2. The number of aliphatic hydroxyl groups is 1. The molecular formula is C54H68ClN5O4S. The molecule has 11 heteroatoms. The number of allylic oxidation sites excluding steroid dienone is 1. The second-order valence-corrected chi connectivity index (χ2v) is 19.5. The Hall–Kier alpha value is -4.84. The molecule has 4 aromatic carbocycles. The number of alkyl halides is 1. The number of carbonyl (C=O) groups is 2. The number of halogens is 1. The molecule has 1 fully saturated rings. The van der Waals surface area contributed by atoms with Crippen molar-refractivity contribution in [2.75, 3.05) is 45.7 Å². The number of carbonyl (C=O) groups excluding carboxylic acids is 2. The van der Waals surface area contributed by atoms with Crippen molar-refractivity contribution in [1.82, 2.24) is 25.4 Å². The first-order valence-electron chi connectivity index (χ1n) is 23.2. The Morgan fingerprint density at radius 2 is 1.52 bits per heavy atom. The van der Waals surface area contributed by atoms with Gasteiger partial charge < -0.3 is 30.3 Å². The number of unbranched alkanes of at least 4 members (excludes halogenated alkanes) is 4. The minimum Gasteiger partial charge on any atom is -0.492 e. The summed E-state index contributed by atoms with van der Waals surface area (Å²) in [4.78, 5) is 36.9. The van der Waals surface area contributed by atoms with Gasteiger partial charge in [-0.3, -0.25) is 9.59 Å². The van der Waals surface area contributed by atoms with E-state index in [1.807, 2.05) is 69.6 Å². The van der Waals surface area contributed by atoms with E-state index in [0.29, 0.717) is 25.6 Å². The van der Waals surface area contributed by atoms with Gasteiger partial charge in [0.1, 0.15) is 18.4 Å². The SMILES string of the molecule is Cc1ncsc1-c1ccc(CNC(=O)[C@@H]2C[C@@H](O)CN2C(=O)[C@@H](NCCCCCCCN(C)CCOc2ccc(/C(=C(/CCCl)c3ccccc3)c3ccccc3)cc2)C(C)(C)C)cc1.